The molecule has 2 N–H and O–H groups in total. The first-order chi connectivity index (χ1) is 14.8. The van der Waals surface area contributed by atoms with Crippen molar-refractivity contribution in [1.29, 1.82) is 0 Å². The van der Waals surface area contributed by atoms with Crippen LogP contribution in [0.2, 0.25) is 0 Å². The van der Waals surface area contributed by atoms with Crippen LogP contribution in [0.5, 0.6) is 5.88 Å². The molecule has 0 aromatic carbocycles. The van der Waals surface area contributed by atoms with Crippen LogP contribution in [0.4, 0.5) is 5.82 Å². The average molecular weight is 401 g/mol. The first-order valence-electron chi connectivity index (χ1n) is 10.1. The van der Waals surface area contributed by atoms with Crippen LogP contribution in [-0.4, -0.2) is 50.8 Å². The number of nitrogens with one attached hydrogen (secondary N) is 2. The van der Waals surface area contributed by atoms with Crippen molar-refractivity contribution < 1.29 is 4.74 Å². The highest BCUT2D eigenvalue weighted by Crippen LogP contribution is 2.28. The van der Waals surface area contributed by atoms with Gasteiger partial charge >= 0.3 is 0 Å². The molecule has 0 unspecified atom stereocenters. The third kappa shape index (κ3) is 3.69. The van der Waals surface area contributed by atoms with Gasteiger partial charge in [-0.15, -0.1) is 0 Å². The number of methoxy groups -OCH3 is 1. The van der Waals surface area contributed by atoms with Gasteiger partial charge in [0.1, 0.15) is 5.82 Å². The van der Waals surface area contributed by atoms with Gasteiger partial charge in [0, 0.05) is 42.7 Å². The van der Waals surface area contributed by atoms with Crippen LogP contribution in [0.25, 0.3) is 28.2 Å². The first kappa shape index (κ1) is 18.5. The average Bonchev–Trinajstić information content (AvgIpc) is 3.24. The van der Waals surface area contributed by atoms with Gasteiger partial charge in [-0.05, 0) is 37.6 Å². The molecule has 1 saturated heterocycles. The number of nitrogens with zero attached hydrogens (tertiary/aromatic N) is 5. The molecule has 1 atom stereocenters. The molecule has 30 heavy (non-hydrogen) atoms. The fourth-order valence-corrected chi connectivity index (χ4v) is 3.76. The van der Waals surface area contributed by atoms with E-state index in [2.05, 4.69) is 20.7 Å². The van der Waals surface area contributed by atoms with Crippen molar-refractivity contribution in [2.45, 2.75) is 18.9 Å². The standard InChI is InChI=1S/C22H23N7O/c1-30-21-11-15(7-9-24-21)18-12-20(26-16-5-4-8-23-13-16)28-22(27-18)17-14-25-29-10-3-2-6-19(17)29/h2-3,6-7,9-12,14,16,23H,4-5,8,13H2,1H3,(H,26,27,28)/t16-/m1/s1. The van der Waals surface area contributed by atoms with Crippen molar-refractivity contribution >= 4 is 11.3 Å². The molecule has 0 saturated carbocycles. The van der Waals surface area contributed by atoms with Crippen LogP contribution in [0.3, 0.4) is 0 Å². The predicted molar refractivity (Wildman–Crippen MR) is 116 cm³/mol. The van der Waals surface area contributed by atoms with Crippen molar-refractivity contribution in [3.05, 3.63) is 55.0 Å². The molecular formula is C22H23N7O. The van der Waals surface area contributed by atoms with Gasteiger partial charge in [0.2, 0.25) is 5.88 Å². The van der Waals surface area contributed by atoms with E-state index in [9.17, 15) is 0 Å². The monoisotopic (exact) mass is 401 g/mol. The van der Waals surface area contributed by atoms with E-state index in [1.54, 1.807) is 13.3 Å². The zero-order valence-corrected chi connectivity index (χ0v) is 16.7. The fraction of sp³-hybridized carbons (Fsp3) is 0.273. The number of piperidine rings is 1. The Balaban J connectivity index is 1.60. The zero-order valence-electron chi connectivity index (χ0n) is 16.7. The largest absolute Gasteiger partial charge is 0.481 e. The maximum atomic E-state index is 5.30. The second-order valence-electron chi connectivity index (χ2n) is 7.33. The summed E-state index contributed by atoms with van der Waals surface area (Å²) in [6.07, 6.45) is 7.72. The summed E-state index contributed by atoms with van der Waals surface area (Å²) in [5, 5.41) is 11.5. The Labute approximate surface area is 174 Å². The number of ether oxygens (including phenoxy) is 1. The van der Waals surface area contributed by atoms with Crippen LogP contribution in [0.1, 0.15) is 12.8 Å². The molecule has 5 rings (SSSR count). The number of pyridine rings is 2. The summed E-state index contributed by atoms with van der Waals surface area (Å²) in [5.41, 5.74) is 3.59. The Morgan fingerprint density at radius 1 is 1.20 bits per heavy atom. The molecule has 0 amide bonds. The third-order valence-corrected chi connectivity index (χ3v) is 5.28. The molecule has 8 nitrogen and oxygen atoms in total. The minimum Gasteiger partial charge on any atom is -0.481 e. The van der Waals surface area contributed by atoms with Crippen molar-refractivity contribution in [2.24, 2.45) is 0 Å². The number of anilines is 1. The van der Waals surface area contributed by atoms with Crippen molar-refractivity contribution in [2.75, 3.05) is 25.5 Å². The Kier molecular flexibility index (Phi) is 4.98. The van der Waals surface area contributed by atoms with Crippen LogP contribution in [0.15, 0.2) is 55.0 Å². The summed E-state index contributed by atoms with van der Waals surface area (Å²) in [5.74, 6) is 1.99. The third-order valence-electron chi connectivity index (χ3n) is 5.28. The molecule has 0 radical (unpaired) electrons. The topological polar surface area (TPSA) is 89.3 Å². The zero-order chi connectivity index (χ0) is 20.3. The SMILES string of the molecule is COc1cc(-c2cc(N[C@@H]3CCCNC3)nc(-c3cnn4ccccc34)n2)ccn1. The Bertz CT molecular complexity index is 1170. The summed E-state index contributed by atoms with van der Waals surface area (Å²) in [6.45, 7) is 1.99. The van der Waals surface area contributed by atoms with Crippen LogP contribution >= 0.6 is 0 Å². The molecule has 4 aromatic rings. The Morgan fingerprint density at radius 3 is 3.03 bits per heavy atom. The van der Waals surface area contributed by atoms with Gasteiger partial charge in [-0.3, -0.25) is 0 Å². The molecule has 8 heteroatoms. The molecule has 1 aliphatic heterocycles. The summed E-state index contributed by atoms with van der Waals surface area (Å²) >= 11 is 0. The molecule has 1 fully saturated rings. The quantitative estimate of drug-likeness (QED) is 0.531. The van der Waals surface area contributed by atoms with Gasteiger partial charge in [0.25, 0.3) is 0 Å². The highest BCUT2D eigenvalue weighted by atomic mass is 16.5. The number of hydrogen-bond acceptors (Lipinski definition) is 7. The molecule has 4 aromatic heterocycles. The van der Waals surface area contributed by atoms with E-state index < -0.39 is 0 Å². The minimum atomic E-state index is 0.338. The first-order valence-corrected chi connectivity index (χ1v) is 10.1. The predicted octanol–water partition coefficient (Wildman–Crippen LogP) is 3.03. The summed E-state index contributed by atoms with van der Waals surface area (Å²) < 4.78 is 7.13. The lowest BCUT2D eigenvalue weighted by atomic mass is 10.1. The molecule has 0 bridgehead atoms. The van der Waals surface area contributed by atoms with E-state index in [0.717, 1.165) is 54.1 Å². The van der Waals surface area contributed by atoms with Gasteiger partial charge in [0.15, 0.2) is 5.82 Å². The second kappa shape index (κ2) is 8.08. The number of hydrogen-bond donors (Lipinski definition) is 2. The van der Waals surface area contributed by atoms with E-state index in [1.165, 1.54) is 0 Å². The van der Waals surface area contributed by atoms with Crippen LogP contribution in [0, 0.1) is 0 Å². The Morgan fingerprint density at radius 2 is 2.17 bits per heavy atom. The molecule has 152 valence electrons. The van der Waals surface area contributed by atoms with E-state index in [0.29, 0.717) is 17.7 Å². The van der Waals surface area contributed by atoms with Gasteiger partial charge in [-0.25, -0.2) is 19.5 Å². The Hall–Kier alpha value is -3.52. The lowest BCUT2D eigenvalue weighted by Gasteiger charge is -2.24. The van der Waals surface area contributed by atoms with E-state index >= 15 is 0 Å². The smallest absolute Gasteiger partial charge is 0.213 e. The van der Waals surface area contributed by atoms with Crippen molar-refractivity contribution in [3.63, 3.8) is 0 Å². The van der Waals surface area contributed by atoms with Gasteiger partial charge in [-0.1, -0.05) is 6.07 Å². The molecule has 0 aliphatic carbocycles. The van der Waals surface area contributed by atoms with Crippen molar-refractivity contribution in [1.82, 2.24) is 29.9 Å². The lowest BCUT2D eigenvalue weighted by Crippen LogP contribution is -2.38. The van der Waals surface area contributed by atoms with Gasteiger partial charge in [-0.2, -0.15) is 5.10 Å². The minimum absolute atomic E-state index is 0.338. The van der Waals surface area contributed by atoms with Crippen molar-refractivity contribution in [3.8, 4) is 28.5 Å². The van der Waals surface area contributed by atoms with E-state index in [1.807, 2.05) is 53.3 Å². The normalized spacial score (nSPS) is 16.5. The molecule has 0 spiro atoms. The van der Waals surface area contributed by atoms with E-state index in [4.69, 9.17) is 14.7 Å². The summed E-state index contributed by atoms with van der Waals surface area (Å²) in [4.78, 5) is 13.9. The van der Waals surface area contributed by atoms with E-state index in [-0.39, 0.29) is 0 Å². The second-order valence-corrected chi connectivity index (χ2v) is 7.33. The van der Waals surface area contributed by atoms with Gasteiger partial charge < -0.3 is 15.4 Å². The highest BCUT2D eigenvalue weighted by molar-refractivity contribution is 5.78. The van der Waals surface area contributed by atoms with Gasteiger partial charge in [0.05, 0.1) is 30.1 Å². The summed E-state index contributed by atoms with van der Waals surface area (Å²) in [6, 6.07) is 12.1. The summed E-state index contributed by atoms with van der Waals surface area (Å²) in [7, 11) is 1.61. The fourth-order valence-electron chi connectivity index (χ4n) is 3.76. The van der Waals surface area contributed by atoms with Crippen LogP contribution < -0.4 is 15.4 Å². The number of rotatable bonds is 5. The lowest BCUT2D eigenvalue weighted by molar-refractivity contribution is 0.398. The van der Waals surface area contributed by atoms with Crippen LogP contribution in [-0.2, 0) is 0 Å². The highest BCUT2D eigenvalue weighted by Gasteiger charge is 2.17. The number of aromatic nitrogens is 5. The molecule has 5 heterocycles. The maximum Gasteiger partial charge on any atom is 0.213 e. The molecular weight excluding hydrogens is 378 g/mol. The molecule has 1 aliphatic rings. The number of fused-ring (bicyclic) bond motifs is 1. The maximum absolute atomic E-state index is 5.30.